The zero-order valence-electron chi connectivity index (χ0n) is 14.0. The third kappa shape index (κ3) is 2.52. The minimum atomic E-state index is 0.0667. The third-order valence-electron chi connectivity index (χ3n) is 4.71. The minimum Gasteiger partial charge on any atom is -0.423 e. The van der Waals surface area contributed by atoms with Gasteiger partial charge in [0.1, 0.15) is 5.52 Å². The average Bonchev–Trinajstić information content (AvgIpc) is 3.34. The molecule has 1 aliphatic heterocycles. The Hall–Kier alpha value is -2.93. The second kappa shape index (κ2) is 6.10. The first-order valence-electron chi connectivity index (χ1n) is 8.51. The van der Waals surface area contributed by atoms with Gasteiger partial charge in [0.15, 0.2) is 5.58 Å². The molecule has 0 bridgehead atoms. The molecule has 0 saturated carbocycles. The molecule has 3 heterocycles. The fraction of sp³-hybridized carbons (Fsp3) is 0.211. The number of carbonyl (C=O) groups is 1. The molecule has 0 atom stereocenters. The van der Waals surface area contributed by atoms with E-state index in [4.69, 9.17) is 4.42 Å². The molecule has 0 radical (unpaired) electrons. The van der Waals surface area contributed by atoms with Gasteiger partial charge in [-0.3, -0.25) is 4.79 Å². The summed E-state index contributed by atoms with van der Waals surface area (Å²) in [5, 5.41) is 0. The second-order valence-electron chi connectivity index (χ2n) is 6.25. The molecular formula is C19H16N4O2S. The highest BCUT2D eigenvalue weighted by atomic mass is 32.1. The number of hydrogen-bond acceptors (Lipinski definition) is 6. The van der Waals surface area contributed by atoms with Crippen molar-refractivity contribution in [1.82, 2.24) is 14.9 Å². The summed E-state index contributed by atoms with van der Waals surface area (Å²) >= 11 is 1.51. The summed E-state index contributed by atoms with van der Waals surface area (Å²) < 4.78 is 6.80. The number of fused-ring (bicyclic) bond motifs is 2. The molecule has 0 N–H and O–H groups in total. The summed E-state index contributed by atoms with van der Waals surface area (Å²) in [5.41, 5.74) is 5.05. The van der Waals surface area contributed by atoms with E-state index in [0.29, 0.717) is 32.2 Å². The fourth-order valence-corrected chi connectivity index (χ4v) is 4.12. The van der Waals surface area contributed by atoms with Crippen molar-refractivity contribution >= 4 is 44.6 Å². The van der Waals surface area contributed by atoms with Gasteiger partial charge in [0.2, 0.25) is 0 Å². The van der Waals surface area contributed by atoms with E-state index in [1.54, 1.807) is 5.51 Å². The lowest BCUT2D eigenvalue weighted by atomic mass is 10.1. The summed E-state index contributed by atoms with van der Waals surface area (Å²) in [6.45, 7) is 2.70. The highest BCUT2D eigenvalue weighted by Crippen LogP contribution is 2.25. The van der Waals surface area contributed by atoms with E-state index < -0.39 is 0 Å². The number of benzene rings is 2. The maximum absolute atomic E-state index is 12.9. The van der Waals surface area contributed by atoms with Crippen LogP contribution in [0.3, 0.4) is 0 Å². The van der Waals surface area contributed by atoms with Crippen LogP contribution < -0.4 is 4.90 Å². The number of hydrogen-bond donors (Lipinski definition) is 0. The van der Waals surface area contributed by atoms with E-state index in [1.165, 1.54) is 11.3 Å². The molecule has 1 saturated heterocycles. The minimum absolute atomic E-state index is 0.0667. The van der Waals surface area contributed by atoms with Crippen molar-refractivity contribution in [3.05, 3.63) is 53.5 Å². The van der Waals surface area contributed by atoms with E-state index in [2.05, 4.69) is 14.9 Å². The molecular weight excluding hydrogens is 348 g/mol. The molecule has 2 aromatic carbocycles. The molecule has 0 aliphatic carbocycles. The van der Waals surface area contributed by atoms with Crippen molar-refractivity contribution in [2.75, 3.05) is 31.1 Å². The van der Waals surface area contributed by atoms with Gasteiger partial charge in [-0.2, -0.15) is 4.98 Å². The number of para-hydroxylation sites is 2. The molecule has 1 amide bonds. The van der Waals surface area contributed by atoms with Crippen LogP contribution in [0.5, 0.6) is 0 Å². The molecule has 7 heteroatoms. The number of aromatic nitrogens is 2. The first-order chi connectivity index (χ1) is 12.8. The number of oxazole rings is 1. The van der Waals surface area contributed by atoms with Crippen molar-refractivity contribution in [2.45, 2.75) is 0 Å². The zero-order valence-corrected chi connectivity index (χ0v) is 14.8. The van der Waals surface area contributed by atoms with Crippen LogP contribution >= 0.6 is 11.3 Å². The molecule has 0 spiro atoms. The topological polar surface area (TPSA) is 62.5 Å². The number of rotatable bonds is 2. The van der Waals surface area contributed by atoms with Crippen LogP contribution in [-0.2, 0) is 0 Å². The second-order valence-corrected chi connectivity index (χ2v) is 7.10. The first-order valence-corrected chi connectivity index (χ1v) is 9.39. The number of piperazine rings is 1. The predicted octanol–water partition coefficient (Wildman–Crippen LogP) is 3.40. The SMILES string of the molecule is O=C(c1cccc2ncsc12)N1CCN(c2nc3ccccc3o2)CC1. The third-order valence-corrected chi connectivity index (χ3v) is 5.58. The molecule has 2 aromatic heterocycles. The van der Waals surface area contributed by atoms with Gasteiger partial charge in [-0.25, -0.2) is 4.98 Å². The van der Waals surface area contributed by atoms with Crippen molar-refractivity contribution in [1.29, 1.82) is 0 Å². The Morgan fingerprint density at radius 2 is 1.81 bits per heavy atom. The van der Waals surface area contributed by atoms with Gasteiger partial charge < -0.3 is 14.2 Å². The maximum Gasteiger partial charge on any atom is 0.298 e. The van der Waals surface area contributed by atoms with Crippen LogP contribution in [0.15, 0.2) is 52.4 Å². The van der Waals surface area contributed by atoms with Crippen LogP contribution in [0.1, 0.15) is 10.4 Å². The molecule has 130 valence electrons. The van der Waals surface area contributed by atoms with E-state index in [0.717, 1.165) is 26.9 Å². The van der Waals surface area contributed by atoms with Gasteiger partial charge >= 0.3 is 0 Å². The molecule has 1 aliphatic rings. The maximum atomic E-state index is 12.9. The van der Waals surface area contributed by atoms with E-state index in [9.17, 15) is 4.79 Å². The normalized spacial score (nSPS) is 15.1. The van der Waals surface area contributed by atoms with Crippen molar-refractivity contribution in [3.63, 3.8) is 0 Å². The van der Waals surface area contributed by atoms with Gasteiger partial charge in [0.05, 0.1) is 21.3 Å². The highest BCUT2D eigenvalue weighted by molar-refractivity contribution is 7.17. The van der Waals surface area contributed by atoms with Gasteiger partial charge in [-0.15, -0.1) is 11.3 Å². The molecule has 0 unspecified atom stereocenters. The van der Waals surface area contributed by atoms with Gasteiger partial charge in [0, 0.05) is 26.2 Å². The highest BCUT2D eigenvalue weighted by Gasteiger charge is 2.26. The quantitative estimate of drug-likeness (QED) is 0.545. The Morgan fingerprint density at radius 3 is 2.65 bits per heavy atom. The van der Waals surface area contributed by atoms with Crippen LogP contribution in [0.25, 0.3) is 21.3 Å². The van der Waals surface area contributed by atoms with Crippen molar-refractivity contribution < 1.29 is 9.21 Å². The van der Waals surface area contributed by atoms with Gasteiger partial charge in [-0.1, -0.05) is 18.2 Å². The lowest BCUT2D eigenvalue weighted by Crippen LogP contribution is -2.48. The summed E-state index contributed by atoms with van der Waals surface area (Å²) in [6.07, 6.45) is 0. The zero-order chi connectivity index (χ0) is 17.5. The Morgan fingerprint density at radius 1 is 1.00 bits per heavy atom. The standard InChI is InChI=1S/C19H16N4O2S/c24-18(13-4-3-6-15-17(13)26-12-20-15)22-8-10-23(11-9-22)19-21-14-5-1-2-7-16(14)25-19/h1-7,12H,8-11H2. The first kappa shape index (κ1) is 15.3. The summed E-state index contributed by atoms with van der Waals surface area (Å²) in [5.74, 6) is 0.0667. The van der Waals surface area contributed by atoms with Gasteiger partial charge in [-0.05, 0) is 24.3 Å². The average molecular weight is 364 g/mol. The number of anilines is 1. The van der Waals surface area contributed by atoms with Crippen LogP contribution in [-0.4, -0.2) is 47.0 Å². The lowest BCUT2D eigenvalue weighted by Gasteiger charge is -2.33. The molecule has 5 rings (SSSR count). The van der Waals surface area contributed by atoms with Gasteiger partial charge in [0.25, 0.3) is 11.9 Å². The summed E-state index contributed by atoms with van der Waals surface area (Å²) in [7, 11) is 0. The number of thiazole rings is 1. The van der Waals surface area contributed by atoms with E-state index in [1.807, 2.05) is 47.4 Å². The number of amides is 1. The van der Waals surface area contributed by atoms with E-state index in [-0.39, 0.29) is 5.91 Å². The smallest absolute Gasteiger partial charge is 0.298 e. The van der Waals surface area contributed by atoms with Crippen LogP contribution in [0.4, 0.5) is 6.01 Å². The van der Waals surface area contributed by atoms with E-state index >= 15 is 0 Å². The molecule has 6 nitrogen and oxygen atoms in total. The Kier molecular flexibility index (Phi) is 3.60. The summed E-state index contributed by atoms with van der Waals surface area (Å²) in [4.78, 5) is 25.8. The Labute approximate surface area is 153 Å². The Balaban J connectivity index is 1.33. The summed E-state index contributed by atoms with van der Waals surface area (Å²) in [6, 6.07) is 14.1. The monoisotopic (exact) mass is 364 g/mol. The Bertz CT molecular complexity index is 1060. The lowest BCUT2D eigenvalue weighted by molar-refractivity contribution is 0.0747. The molecule has 26 heavy (non-hydrogen) atoms. The molecule has 4 aromatic rings. The molecule has 1 fully saturated rings. The van der Waals surface area contributed by atoms with Crippen LogP contribution in [0.2, 0.25) is 0 Å². The predicted molar refractivity (Wildman–Crippen MR) is 102 cm³/mol. The number of carbonyl (C=O) groups excluding carboxylic acids is 1. The number of nitrogens with zero attached hydrogens (tertiary/aromatic N) is 4. The van der Waals surface area contributed by atoms with Crippen molar-refractivity contribution in [3.8, 4) is 0 Å². The van der Waals surface area contributed by atoms with Crippen molar-refractivity contribution in [2.24, 2.45) is 0 Å². The fourth-order valence-electron chi connectivity index (χ4n) is 3.32. The van der Waals surface area contributed by atoms with Crippen LogP contribution in [0, 0.1) is 0 Å². The largest absolute Gasteiger partial charge is 0.423 e.